The predicted molar refractivity (Wildman–Crippen MR) is 177 cm³/mol. The van der Waals surface area contributed by atoms with Gasteiger partial charge in [-0.1, -0.05) is 45.0 Å². The van der Waals surface area contributed by atoms with E-state index in [-0.39, 0.29) is 71.6 Å². The predicted octanol–water partition coefficient (Wildman–Crippen LogP) is 5.35. The van der Waals surface area contributed by atoms with E-state index in [4.69, 9.17) is 23.7 Å². The van der Waals surface area contributed by atoms with Gasteiger partial charge >= 0.3 is 6.16 Å². The summed E-state index contributed by atoms with van der Waals surface area (Å²) in [5, 5.41) is 9.30. The molecule has 2 aromatic carbocycles. The maximum absolute atomic E-state index is 13.7. The number of aromatic nitrogens is 4. The number of hydrogen-bond donors (Lipinski definition) is 1. The van der Waals surface area contributed by atoms with E-state index in [1.165, 1.54) is 31.6 Å². The van der Waals surface area contributed by atoms with Crippen LogP contribution in [0.4, 0.5) is 10.6 Å². The summed E-state index contributed by atoms with van der Waals surface area (Å²) in [6.07, 6.45) is 2.53. The number of rotatable bonds is 17. The number of carbonyl (C=O) groups is 1. The highest BCUT2D eigenvalue weighted by molar-refractivity contribution is 7.92. The van der Waals surface area contributed by atoms with Crippen LogP contribution in [0.3, 0.4) is 0 Å². The Morgan fingerprint density at radius 1 is 0.860 bits per heavy atom. The lowest BCUT2D eigenvalue weighted by Gasteiger charge is -2.20. The third-order valence-corrected chi connectivity index (χ3v) is 8.00. The standard InChI is InChI=1S/C32H36N6O11S/c1-32(2,3)22-12-14-23(15-13-22)50(42,43)37-27-26(49-25-11-6-5-10-24(25)44-4)30(36-29(35-27)28-33-16-9-17-34-28)45-20-21-47-31(39)46-18-7-8-19-48-38(40)41/h5-6,9-17H,7-8,18-21H2,1-4H3,(H,35,36,37). The monoisotopic (exact) mass is 712 g/mol. The summed E-state index contributed by atoms with van der Waals surface area (Å²) >= 11 is 0. The summed E-state index contributed by atoms with van der Waals surface area (Å²) in [5.41, 5.74) is 0.734. The Hall–Kier alpha value is -5.78. The van der Waals surface area contributed by atoms with Gasteiger partial charge in [-0.15, -0.1) is 10.1 Å². The molecule has 0 spiro atoms. The Kier molecular flexibility index (Phi) is 12.6. The van der Waals surface area contributed by atoms with E-state index in [9.17, 15) is 23.3 Å². The van der Waals surface area contributed by atoms with E-state index in [0.717, 1.165) is 5.56 Å². The van der Waals surface area contributed by atoms with Gasteiger partial charge in [-0.25, -0.2) is 28.2 Å². The lowest BCUT2D eigenvalue weighted by atomic mass is 9.87. The zero-order chi connectivity index (χ0) is 36.1. The molecule has 17 nitrogen and oxygen atoms in total. The van der Waals surface area contributed by atoms with Gasteiger partial charge < -0.3 is 28.5 Å². The third-order valence-electron chi connectivity index (χ3n) is 6.64. The Morgan fingerprint density at radius 2 is 1.52 bits per heavy atom. The fourth-order valence-electron chi connectivity index (χ4n) is 4.14. The maximum atomic E-state index is 13.7. The van der Waals surface area contributed by atoms with Gasteiger partial charge in [-0.2, -0.15) is 4.98 Å². The van der Waals surface area contributed by atoms with Crippen molar-refractivity contribution in [2.45, 2.75) is 43.9 Å². The van der Waals surface area contributed by atoms with Crippen molar-refractivity contribution >= 4 is 22.0 Å². The van der Waals surface area contributed by atoms with Gasteiger partial charge in [0.25, 0.3) is 21.0 Å². The highest BCUT2D eigenvalue weighted by Crippen LogP contribution is 2.41. The Morgan fingerprint density at radius 3 is 2.18 bits per heavy atom. The summed E-state index contributed by atoms with van der Waals surface area (Å²) in [5.74, 6) is -0.318. The number of carbonyl (C=O) groups excluding carboxylic acids is 1. The number of ether oxygens (including phenoxy) is 5. The first-order chi connectivity index (χ1) is 23.9. The van der Waals surface area contributed by atoms with Crippen LogP contribution < -0.4 is 18.9 Å². The molecule has 0 amide bonds. The molecule has 50 heavy (non-hydrogen) atoms. The second-order valence-corrected chi connectivity index (χ2v) is 13.0. The van der Waals surface area contributed by atoms with Crippen molar-refractivity contribution in [2.24, 2.45) is 0 Å². The molecule has 4 aromatic rings. The lowest BCUT2D eigenvalue weighted by molar-refractivity contribution is -0.757. The van der Waals surface area contributed by atoms with Crippen molar-refractivity contribution in [3.63, 3.8) is 0 Å². The molecule has 2 aromatic heterocycles. The van der Waals surface area contributed by atoms with E-state index >= 15 is 0 Å². The number of nitrogens with one attached hydrogen (secondary N) is 1. The molecule has 0 saturated carbocycles. The first-order valence-electron chi connectivity index (χ1n) is 15.2. The Bertz CT molecular complexity index is 1860. The summed E-state index contributed by atoms with van der Waals surface area (Å²) in [7, 11) is -2.81. The summed E-state index contributed by atoms with van der Waals surface area (Å²) in [4.78, 5) is 43.6. The second-order valence-electron chi connectivity index (χ2n) is 11.3. The minimum Gasteiger partial charge on any atom is -0.493 e. The molecule has 1 N–H and O–H groups in total. The van der Waals surface area contributed by atoms with Crippen molar-refractivity contribution in [1.82, 2.24) is 19.9 Å². The fraction of sp³-hybridized carbons (Fsp3) is 0.344. The molecule has 0 aliphatic heterocycles. The van der Waals surface area contributed by atoms with E-state index in [0.29, 0.717) is 18.6 Å². The molecule has 2 heterocycles. The van der Waals surface area contributed by atoms with Crippen LogP contribution in [0.2, 0.25) is 0 Å². The van der Waals surface area contributed by atoms with Crippen LogP contribution in [0.25, 0.3) is 11.6 Å². The number of nitrogens with zero attached hydrogens (tertiary/aromatic N) is 5. The SMILES string of the molecule is COc1ccccc1Oc1c(NS(=O)(=O)c2ccc(C(C)(C)C)cc2)nc(-c2ncccn2)nc1OCCOC(=O)OCCCCO[N+](=O)[O-]. The van der Waals surface area contributed by atoms with Crippen LogP contribution in [0, 0.1) is 10.1 Å². The number of sulfonamides is 1. The van der Waals surface area contributed by atoms with Crippen molar-refractivity contribution in [2.75, 3.05) is 38.3 Å². The minimum absolute atomic E-state index is 0.0374. The summed E-state index contributed by atoms with van der Waals surface area (Å²) in [6, 6.07) is 14.6. The number of methoxy groups -OCH3 is 1. The van der Waals surface area contributed by atoms with Crippen LogP contribution in [0.5, 0.6) is 23.1 Å². The van der Waals surface area contributed by atoms with Crippen molar-refractivity contribution in [3.8, 4) is 34.8 Å². The number of anilines is 1. The molecular formula is C32H36N6O11S. The number of benzene rings is 2. The van der Waals surface area contributed by atoms with Crippen LogP contribution in [-0.2, 0) is 29.7 Å². The summed E-state index contributed by atoms with van der Waals surface area (Å²) in [6.45, 7) is 5.28. The molecule has 4 rings (SSSR count). The van der Waals surface area contributed by atoms with E-state index < -0.39 is 21.3 Å². The Labute approximate surface area is 288 Å². The highest BCUT2D eigenvalue weighted by Gasteiger charge is 2.26. The Balaban J connectivity index is 1.63. The molecule has 0 aliphatic carbocycles. The second kappa shape index (κ2) is 17.0. The van der Waals surface area contributed by atoms with E-state index in [1.807, 2.05) is 20.8 Å². The number of para-hydroxylation sites is 2. The molecule has 18 heteroatoms. The van der Waals surface area contributed by atoms with Gasteiger partial charge in [-0.05, 0) is 54.2 Å². The van der Waals surface area contributed by atoms with Crippen LogP contribution in [-0.4, -0.2) is 73.1 Å². The largest absolute Gasteiger partial charge is 0.508 e. The molecule has 0 unspecified atom stereocenters. The first-order valence-corrected chi connectivity index (χ1v) is 16.7. The topological polar surface area (TPSA) is 213 Å². The normalized spacial score (nSPS) is 11.3. The molecule has 0 radical (unpaired) electrons. The maximum Gasteiger partial charge on any atom is 0.508 e. The van der Waals surface area contributed by atoms with Gasteiger partial charge in [-0.3, -0.25) is 4.72 Å². The van der Waals surface area contributed by atoms with Crippen LogP contribution >= 0.6 is 0 Å². The molecule has 0 fully saturated rings. The summed E-state index contributed by atoms with van der Waals surface area (Å²) < 4.78 is 57.4. The smallest absolute Gasteiger partial charge is 0.493 e. The highest BCUT2D eigenvalue weighted by atomic mass is 32.2. The third kappa shape index (κ3) is 10.6. The molecule has 266 valence electrons. The molecule has 0 saturated heterocycles. The van der Waals surface area contributed by atoms with Gasteiger partial charge in [0.05, 0.1) is 25.2 Å². The van der Waals surface area contributed by atoms with Gasteiger partial charge in [0.2, 0.25) is 11.6 Å². The molecular weight excluding hydrogens is 676 g/mol. The molecule has 0 atom stereocenters. The first kappa shape index (κ1) is 37.0. The zero-order valence-corrected chi connectivity index (χ0v) is 28.5. The average molecular weight is 713 g/mol. The van der Waals surface area contributed by atoms with Crippen LogP contribution in [0.15, 0.2) is 71.9 Å². The average Bonchev–Trinajstić information content (AvgIpc) is 3.09. The molecule has 0 bridgehead atoms. The minimum atomic E-state index is -4.25. The zero-order valence-electron chi connectivity index (χ0n) is 27.7. The number of unbranched alkanes of at least 4 members (excludes halogenated alkanes) is 1. The van der Waals surface area contributed by atoms with Crippen LogP contribution in [0.1, 0.15) is 39.2 Å². The van der Waals surface area contributed by atoms with Gasteiger partial charge in [0, 0.05) is 12.4 Å². The van der Waals surface area contributed by atoms with Crippen molar-refractivity contribution < 1.29 is 46.8 Å². The van der Waals surface area contributed by atoms with E-state index in [1.54, 1.807) is 42.5 Å². The van der Waals surface area contributed by atoms with Crippen molar-refractivity contribution in [3.05, 3.63) is 82.7 Å². The van der Waals surface area contributed by atoms with Gasteiger partial charge in [0.15, 0.2) is 23.1 Å². The molecule has 0 aliphatic rings. The van der Waals surface area contributed by atoms with Gasteiger partial charge in [0.1, 0.15) is 13.2 Å². The van der Waals surface area contributed by atoms with Crippen molar-refractivity contribution in [1.29, 1.82) is 0 Å². The van der Waals surface area contributed by atoms with E-state index in [2.05, 4.69) is 29.5 Å². The lowest BCUT2D eigenvalue weighted by Crippen LogP contribution is -2.18. The number of hydrogen-bond acceptors (Lipinski definition) is 15. The quantitative estimate of drug-likeness (QED) is 0.0632. The fourth-order valence-corrected chi connectivity index (χ4v) is 5.15.